The van der Waals surface area contributed by atoms with Crippen LogP contribution in [0.4, 0.5) is 22.0 Å². The van der Waals surface area contributed by atoms with Crippen LogP contribution >= 0.6 is 0 Å². The van der Waals surface area contributed by atoms with Crippen molar-refractivity contribution in [3.8, 4) is 5.75 Å². The molecule has 0 spiro atoms. The van der Waals surface area contributed by atoms with E-state index in [1.807, 2.05) is 0 Å². The van der Waals surface area contributed by atoms with Gasteiger partial charge in [-0.3, -0.25) is 0 Å². The van der Waals surface area contributed by atoms with E-state index in [1.165, 1.54) is 38.1 Å². The Kier molecular flexibility index (Phi) is 5.35. The minimum atomic E-state index is -5.01. The summed E-state index contributed by atoms with van der Waals surface area (Å²) < 4.78 is 69.2. The summed E-state index contributed by atoms with van der Waals surface area (Å²) in [5, 5.41) is 21.2. The van der Waals surface area contributed by atoms with Crippen LogP contribution < -0.4 is 0 Å². The highest BCUT2D eigenvalue weighted by Gasteiger charge is 2.56. The summed E-state index contributed by atoms with van der Waals surface area (Å²) in [5.74, 6) is -1.82. The number of benzene rings is 2. The molecule has 1 unspecified atom stereocenters. The van der Waals surface area contributed by atoms with E-state index >= 15 is 0 Å². The Balaban J connectivity index is 2.01. The molecule has 0 saturated heterocycles. The van der Waals surface area contributed by atoms with Crippen LogP contribution in [0.2, 0.25) is 0 Å². The quantitative estimate of drug-likeness (QED) is 0.460. The van der Waals surface area contributed by atoms with E-state index in [-0.39, 0.29) is 16.8 Å². The third-order valence-electron chi connectivity index (χ3n) is 5.45. The zero-order valence-electron chi connectivity index (χ0n) is 16.7. The van der Waals surface area contributed by atoms with Gasteiger partial charge in [-0.1, -0.05) is 26.0 Å². The third-order valence-corrected chi connectivity index (χ3v) is 5.45. The molecule has 0 fully saturated rings. The van der Waals surface area contributed by atoms with Crippen molar-refractivity contribution in [2.45, 2.75) is 50.8 Å². The molecule has 0 bridgehead atoms. The van der Waals surface area contributed by atoms with Crippen molar-refractivity contribution < 1.29 is 32.2 Å². The number of hydrogen-bond donors (Lipinski definition) is 3. The first-order valence-corrected chi connectivity index (χ1v) is 9.28. The molecule has 2 aromatic carbocycles. The molecule has 3 N–H and O–H groups in total. The number of H-pyrrole nitrogens is 1. The normalized spacial score (nSPS) is 14.8. The van der Waals surface area contributed by atoms with E-state index in [4.69, 9.17) is 0 Å². The Bertz CT molecular complexity index is 1050. The summed E-state index contributed by atoms with van der Waals surface area (Å²) in [6.07, 6.45) is -6.65. The molecule has 3 rings (SSSR count). The molecule has 1 atom stereocenters. The van der Waals surface area contributed by atoms with E-state index in [0.717, 1.165) is 12.1 Å². The van der Waals surface area contributed by atoms with Crippen molar-refractivity contribution in [3.63, 3.8) is 0 Å². The summed E-state index contributed by atoms with van der Waals surface area (Å²) in [5.41, 5.74) is -3.68. The number of fused-ring (bicyclic) bond motifs is 1. The lowest BCUT2D eigenvalue weighted by molar-refractivity contribution is -0.266. The lowest BCUT2D eigenvalue weighted by Gasteiger charge is -2.38. The number of phenolic OH excluding ortho intramolecular Hbond substituents is 1. The van der Waals surface area contributed by atoms with E-state index in [2.05, 4.69) is 4.98 Å². The van der Waals surface area contributed by atoms with Crippen LogP contribution in [-0.4, -0.2) is 27.0 Å². The van der Waals surface area contributed by atoms with Gasteiger partial charge in [-0.05, 0) is 48.1 Å². The largest absolute Gasteiger partial charge is 0.508 e. The molecule has 0 amide bonds. The average Bonchev–Trinajstić information content (AvgIpc) is 3.01. The van der Waals surface area contributed by atoms with Crippen LogP contribution in [0.3, 0.4) is 0 Å². The Labute approximate surface area is 170 Å². The number of rotatable bonds is 5. The zero-order chi connectivity index (χ0) is 22.5. The second-order valence-electron chi connectivity index (χ2n) is 8.38. The fraction of sp³-hybridized carbons (Fsp3) is 0.364. The molecule has 0 aliphatic carbocycles. The standard InChI is InChI=1S/C22H22F5NO2/c1-12-4-7-17(24)19-15(12)9-14(28-19)10-21(30,22(25,26)27)11-20(2,3)16-6-5-13(23)8-18(16)29/h4-9,28-30H,10-11H2,1-3H3. The fourth-order valence-electron chi connectivity index (χ4n) is 3.96. The van der Waals surface area contributed by atoms with Crippen molar-refractivity contribution in [1.82, 2.24) is 4.98 Å². The van der Waals surface area contributed by atoms with Crippen molar-refractivity contribution in [2.75, 3.05) is 0 Å². The summed E-state index contributed by atoms with van der Waals surface area (Å²) >= 11 is 0. The van der Waals surface area contributed by atoms with Gasteiger partial charge < -0.3 is 15.2 Å². The molecular formula is C22H22F5NO2. The highest BCUT2D eigenvalue weighted by atomic mass is 19.4. The smallest absolute Gasteiger partial charge is 0.417 e. The minimum Gasteiger partial charge on any atom is -0.508 e. The lowest BCUT2D eigenvalue weighted by atomic mass is 9.73. The monoisotopic (exact) mass is 427 g/mol. The number of halogens is 5. The van der Waals surface area contributed by atoms with Gasteiger partial charge in [0.05, 0.1) is 5.52 Å². The molecule has 3 nitrogen and oxygen atoms in total. The first-order valence-electron chi connectivity index (χ1n) is 9.28. The van der Waals surface area contributed by atoms with Crippen LogP contribution in [-0.2, 0) is 11.8 Å². The van der Waals surface area contributed by atoms with Gasteiger partial charge >= 0.3 is 6.18 Å². The van der Waals surface area contributed by atoms with E-state index in [9.17, 15) is 32.2 Å². The molecule has 8 heteroatoms. The molecule has 1 heterocycles. The summed E-state index contributed by atoms with van der Waals surface area (Å²) in [6, 6.07) is 7.18. The maximum atomic E-state index is 14.0. The number of aryl methyl sites for hydroxylation is 1. The van der Waals surface area contributed by atoms with Crippen molar-refractivity contribution in [3.05, 3.63) is 64.9 Å². The Morgan fingerprint density at radius 1 is 1.00 bits per heavy atom. The molecular weight excluding hydrogens is 405 g/mol. The highest BCUT2D eigenvalue weighted by Crippen LogP contribution is 2.45. The van der Waals surface area contributed by atoms with Crippen LogP contribution in [0.1, 0.15) is 37.1 Å². The first kappa shape index (κ1) is 22.1. The Hall–Kier alpha value is -2.61. The van der Waals surface area contributed by atoms with Crippen molar-refractivity contribution in [2.24, 2.45) is 0 Å². The van der Waals surface area contributed by atoms with Crippen LogP contribution in [0.5, 0.6) is 5.75 Å². The number of aliphatic hydroxyl groups is 1. The summed E-state index contributed by atoms with van der Waals surface area (Å²) in [6.45, 7) is 4.55. The van der Waals surface area contributed by atoms with E-state index in [1.54, 1.807) is 6.92 Å². The fourth-order valence-corrected chi connectivity index (χ4v) is 3.96. The maximum Gasteiger partial charge on any atom is 0.417 e. The first-order chi connectivity index (χ1) is 13.7. The molecule has 0 radical (unpaired) electrons. The van der Waals surface area contributed by atoms with Gasteiger partial charge in [0.1, 0.15) is 17.4 Å². The van der Waals surface area contributed by atoms with Gasteiger partial charge in [-0.25, -0.2) is 8.78 Å². The zero-order valence-corrected chi connectivity index (χ0v) is 16.7. The second-order valence-corrected chi connectivity index (χ2v) is 8.38. The van der Waals surface area contributed by atoms with Gasteiger partial charge in [0.2, 0.25) is 0 Å². The van der Waals surface area contributed by atoms with Crippen molar-refractivity contribution >= 4 is 10.9 Å². The highest BCUT2D eigenvalue weighted by molar-refractivity contribution is 5.84. The number of aromatic nitrogens is 1. The summed E-state index contributed by atoms with van der Waals surface area (Å²) in [4.78, 5) is 2.64. The SMILES string of the molecule is Cc1ccc(F)c2[nH]c(CC(O)(CC(C)(C)c3ccc(F)cc3O)C(F)(F)F)cc12. The number of alkyl halides is 3. The molecule has 162 valence electrons. The Morgan fingerprint density at radius 3 is 2.23 bits per heavy atom. The average molecular weight is 427 g/mol. The number of aromatic hydroxyl groups is 1. The lowest BCUT2D eigenvalue weighted by Crippen LogP contribution is -2.50. The van der Waals surface area contributed by atoms with Gasteiger partial charge in [-0.15, -0.1) is 0 Å². The Morgan fingerprint density at radius 2 is 1.67 bits per heavy atom. The van der Waals surface area contributed by atoms with Gasteiger partial charge in [0.25, 0.3) is 0 Å². The van der Waals surface area contributed by atoms with Crippen LogP contribution in [0.15, 0.2) is 36.4 Å². The third kappa shape index (κ3) is 4.01. The predicted octanol–water partition coefficient (Wildman–Crippen LogP) is 5.66. The predicted molar refractivity (Wildman–Crippen MR) is 103 cm³/mol. The molecule has 0 aliphatic heterocycles. The molecule has 0 saturated carbocycles. The number of phenols is 1. The number of aromatic amines is 1. The van der Waals surface area contributed by atoms with Gasteiger partial charge in [0.15, 0.2) is 5.60 Å². The molecule has 30 heavy (non-hydrogen) atoms. The minimum absolute atomic E-state index is 0.0251. The van der Waals surface area contributed by atoms with Gasteiger partial charge in [-0.2, -0.15) is 13.2 Å². The molecule has 0 aliphatic rings. The van der Waals surface area contributed by atoms with Crippen LogP contribution in [0, 0.1) is 18.6 Å². The maximum absolute atomic E-state index is 14.0. The number of hydrogen-bond acceptors (Lipinski definition) is 2. The summed E-state index contributed by atoms with van der Waals surface area (Å²) in [7, 11) is 0. The van der Waals surface area contributed by atoms with Gasteiger partial charge in [0, 0.05) is 23.6 Å². The second kappa shape index (κ2) is 7.27. The molecule has 1 aromatic heterocycles. The van der Waals surface area contributed by atoms with E-state index in [0.29, 0.717) is 10.9 Å². The number of nitrogens with one attached hydrogen (secondary N) is 1. The van der Waals surface area contributed by atoms with Crippen LogP contribution in [0.25, 0.3) is 10.9 Å². The van der Waals surface area contributed by atoms with Crippen molar-refractivity contribution in [1.29, 1.82) is 0 Å². The topological polar surface area (TPSA) is 56.2 Å². The van der Waals surface area contributed by atoms with E-state index < -0.39 is 47.4 Å². The molecule has 3 aromatic rings.